The summed E-state index contributed by atoms with van der Waals surface area (Å²) in [6.45, 7) is 14.3. The number of benzene rings is 2. The van der Waals surface area contributed by atoms with Gasteiger partial charge in [-0.05, 0) is 65.3 Å². The number of carbonyl (C=O) groups is 3. The highest BCUT2D eigenvalue weighted by atomic mass is 16.6. The quantitative estimate of drug-likeness (QED) is 0.363. The van der Waals surface area contributed by atoms with E-state index in [9.17, 15) is 24.6 Å². The van der Waals surface area contributed by atoms with Crippen LogP contribution in [0.25, 0.3) is 0 Å². The largest absolute Gasteiger partial charge is 0.508 e. The van der Waals surface area contributed by atoms with Crippen molar-refractivity contribution in [3.8, 4) is 11.5 Å². The monoisotopic (exact) mass is 525 g/mol. The van der Waals surface area contributed by atoms with Crippen LogP contribution in [0.15, 0.2) is 61.2 Å². The zero-order valence-corrected chi connectivity index (χ0v) is 22.9. The highest BCUT2D eigenvalue weighted by Gasteiger charge is 2.38. The number of phenolic OH excluding ortho intramolecular Hbond substituents is 2. The number of aromatic hydroxyl groups is 2. The second-order valence-electron chi connectivity index (χ2n) is 11.0. The van der Waals surface area contributed by atoms with Gasteiger partial charge in [0.25, 0.3) is 0 Å². The normalized spacial score (nSPS) is 13.1. The molecule has 0 spiro atoms. The Morgan fingerprint density at radius 1 is 1.00 bits per heavy atom. The fraction of sp³-hybridized carbons (Fsp3) is 0.414. The van der Waals surface area contributed by atoms with Crippen LogP contribution in [0, 0.1) is 0 Å². The Morgan fingerprint density at radius 3 is 2.13 bits per heavy atom. The molecule has 4 N–H and O–H groups in total. The molecule has 2 aromatic carbocycles. The molecule has 0 heterocycles. The van der Waals surface area contributed by atoms with Gasteiger partial charge in [0.05, 0.1) is 0 Å². The first-order valence-electron chi connectivity index (χ1n) is 12.4. The molecular formula is C29H39N3O6. The summed E-state index contributed by atoms with van der Waals surface area (Å²) in [6, 6.07) is 10.2. The van der Waals surface area contributed by atoms with Crippen LogP contribution >= 0.6 is 0 Å². The number of ether oxygens (including phenoxy) is 1. The number of nitrogens with zero attached hydrogens (tertiary/aromatic N) is 1. The number of alkyl carbamates (subject to hydrolysis) is 1. The van der Waals surface area contributed by atoms with Crippen LogP contribution in [0.1, 0.15) is 58.7 Å². The van der Waals surface area contributed by atoms with Crippen molar-refractivity contribution in [3.05, 3.63) is 72.3 Å². The Kier molecular flexibility index (Phi) is 9.93. The molecule has 0 fully saturated rings. The van der Waals surface area contributed by atoms with Gasteiger partial charge in [0.15, 0.2) is 0 Å². The highest BCUT2D eigenvalue weighted by molar-refractivity contribution is 5.93. The summed E-state index contributed by atoms with van der Waals surface area (Å²) >= 11 is 0. The molecule has 3 amide bonds. The van der Waals surface area contributed by atoms with Crippen molar-refractivity contribution in [1.29, 1.82) is 0 Å². The summed E-state index contributed by atoms with van der Waals surface area (Å²) in [6.07, 6.45) is 0.729. The number of hydrogen-bond donors (Lipinski definition) is 4. The third-order valence-electron chi connectivity index (χ3n) is 5.26. The summed E-state index contributed by atoms with van der Waals surface area (Å²) in [4.78, 5) is 41.7. The molecular weight excluding hydrogens is 486 g/mol. The van der Waals surface area contributed by atoms with E-state index in [0.29, 0.717) is 5.56 Å². The van der Waals surface area contributed by atoms with Crippen molar-refractivity contribution in [3.63, 3.8) is 0 Å². The Balaban J connectivity index is 2.56. The zero-order chi connectivity index (χ0) is 28.7. The minimum absolute atomic E-state index is 0.0442. The van der Waals surface area contributed by atoms with Crippen LogP contribution in [-0.2, 0) is 20.7 Å². The van der Waals surface area contributed by atoms with E-state index >= 15 is 0 Å². The van der Waals surface area contributed by atoms with Crippen molar-refractivity contribution < 1.29 is 29.3 Å². The van der Waals surface area contributed by atoms with Crippen LogP contribution in [0.4, 0.5) is 4.79 Å². The summed E-state index contributed by atoms with van der Waals surface area (Å²) in [5.41, 5.74) is -0.538. The lowest BCUT2D eigenvalue weighted by atomic mass is 9.98. The molecule has 0 bridgehead atoms. The third kappa shape index (κ3) is 9.14. The maximum Gasteiger partial charge on any atom is 0.408 e. The zero-order valence-electron chi connectivity index (χ0n) is 22.9. The molecule has 9 nitrogen and oxygen atoms in total. The highest BCUT2D eigenvalue weighted by Crippen LogP contribution is 2.30. The molecule has 38 heavy (non-hydrogen) atoms. The average molecular weight is 526 g/mol. The molecule has 0 aliphatic carbocycles. The van der Waals surface area contributed by atoms with E-state index in [0.717, 1.165) is 0 Å². The van der Waals surface area contributed by atoms with E-state index in [2.05, 4.69) is 17.2 Å². The predicted molar refractivity (Wildman–Crippen MR) is 146 cm³/mol. The smallest absolute Gasteiger partial charge is 0.408 e. The predicted octanol–water partition coefficient (Wildman–Crippen LogP) is 4.20. The minimum atomic E-state index is -1.22. The fourth-order valence-electron chi connectivity index (χ4n) is 3.79. The van der Waals surface area contributed by atoms with Crippen molar-refractivity contribution >= 4 is 17.9 Å². The molecule has 9 heteroatoms. The topological polar surface area (TPSA) is 128 Å². The standard InChI is InChI=1S/C29H39N3O6/c1-8-17-32(24(25(35)31-28(2,3)4)21-11-9-10-12-23(21)34)26(36)22(30-27(37)38-29(5,6)7)18-19-13-15-20(33)16-14-19/h8-16,22,24,33-34H,1,17-18H2,2-7H3,(H,30,37)(H,31,35). The summed E-state index contributed by atoms with van der Waals surface area (Å²) in [7, 11) is 0. The van der Waals surface area contributed by atoms with Gasteiger partial charge in [-0.3, -0.25) is 9.59 Å². The Morgan fingerprint density at radius 2 is 1.61 bits per heavy atom. The molecule has 0 saturated carbocycles. The Hall–Kier alpha value is -4.01. The Labute approximate surface area is 224 Å². The van der Waals surface area contributed by atoms with E-state index in [1.54, 1.807) is 51.1 Å². The maximum absolute atomic E-state index is 14.1. The molecule has 0 aliphatic rings. The maximum atomic E-state index is 14.1. The first-order chi connectivity index (χ1) is 17.6. The summed E-state index contributed by atoms with van der Waals surface area (Å²) < 4.78 is 5.39. The van der Waals surface area contributed by atoms with Gasteiger partial charge in [0, 0.05) is 24.1 Å². The Bertz CT molecular complexity index is 1130. The second kappa shape index (κ2) is 12.5. The van der Waals surface area contributed by atoms with E-state index in [4.69, 9.17) is 4.74 Å². The van der Waals surface area contributed by atoms with Gasteiger partial charge in [0.1, 0.15) is 29.2 Å². The number of para-hydroxylation sites is 1. The summed E-state index contributed by atoms with van der Waals surface area (Å²) in [5, 5.41) is 25.8. The van der Waals surface area contributed by atoms with Crippen LogP contribution in [0.3, 0.4) is 0 Å². The molecule has 2 unspecified atom stereocenters. The van der Waals surface area contributed by atoms with Crippen molar-refractivity contribution in [2.24, 2.45) is 0 Å². The number of carbonyl (C=O) groups excluding carboxylic acids is 3. The van der Waals surface area contributed by atoms with E-state index in [-0.39, 0.29) is 30.0 Å². The van der Waals surface area contributed by atoms with Crippen LogP contribution in [0.5, 0.6) is 11.5 Å². The lowest BCUT2D eigenvalue weighted by Gasteiger charge is -2.35. The van der Waals surface area contributed by atoms with E-state index in [1.165, 1.54) is 29.2 Å². The first kappa shape index (κ1) is 30.2. The van der Waals surface area contributed by atoms with E-state index in [1.807, 2.05) is 20.8 Å². The molecule has 2 atom stereocenters. The molecule has 0 radical (unpaired) electrons. The molecule has 0 aliphatic heterocycles. The van der Waals surface area contributed by atoms with Gasteiger partial charge in [-0.2, -0.15) is 0 Å². The number of amides is 3. The van der Waals surface area contributed by atoms with Gasteiger partial charge in [-0.25, -0.2) is 4.79 Å². The molecule has 206 valence electrons. The van der Waals surface area contributed by atoms with Gasteiger partial charge >= 0.3 is 6.09 Å². The number of nitrogens with one attached hydrogen (secondary N) is 2. The fourth-order valence-corrected chi connectivity index (χ4v) is 3.79. The van der Waals surface area contributed by atoms with Crippen molar-refractivity contribution in [2.45, 2.75) is 71.2 Å². The lowest BCUT2D eigenvalue weighted by molar-refractivity contribution is -0.142. The minimum Gasteiger partial charge on any atom is -0.508 e. The lowest BCUT2D eigenvalue weighted by Crippen LogP contribution is -2.55. The first-order valence-corrected chi connectivity index (χ1v) is 12.4. The molecule has 2 aromatic rings. The summed E-state index contributed by atoms with van der Waals surface area (Å²) in [5.74, 6) is -1.18. The van der Waals surface area contributed by atoms with Crippen molar-refractivity contribution in [1.82, 2.24) is 15.5 Å². The van der Waals surface area contributed by atoms with Crippen LogP contribution < -0.4 is 10.6 Å². The second-order valence-corrected chi connectivity index (χ2v) is 11.0. The average Bonchev–Trinajstić information content (AvgIpc) is 2.78. The number of phenols is 2. The van der Waals surface area contributed by atoms with E-state index < -0.39 is 41.1 Å². The van der Waals surface area contributed by atoms with Crippen LogP contribution in [0.2, 0.25) is 0 Å². The number of hydrogen-bond acceptors (Lipinski definition) is 6. The van der Waals surface area contributed by atoms with Gasteiger partial charge in [0.2, 0.25) is 11.8 Å². The number of rotatable bonds is 9. The van der Waals surface area contributed by atoms with Gasteiger partial charge in [-0.1, -0.05) is 36.4 Å². The third-order valence-corrected chi connectivity index (χ3v) is 5.26. The van der Waals surface area contributed by atoms with Crippen LogP contribution in [-0.4, -0.2) is 56.7 Å². The van der Waals surface area contributed by atoms with Gasteiger partial charge < -0.3 is 30.5 Å². The molecule has 2 rings (SSSR count). The SMILES string of the molecule is C=CCN(C(=O)C(Cc1ccc(O)cc1)NC(=O)OC(C)(C)C)C(C(=O)NC(C)(C)C)c1ccccc1O. The van der Waals surface area contributed by atoms with Gasteiger partial charge in [-0.15, -0.1) is 6.58 Å². The molecule has 0 aromatic heterocycles. The molecule has 0 saturated heterocycles. The van der Waals surface area contributed by atoms with Crippen molar-refractivity contribution in [2.75, 3.05) is 6.54 Å².